The van der Waals surface area contributed by atoms with Crippen LogP contribution in [-0.4, -0.2) is 45.5 Å². The summed E-state index contributed by atoms with van der Waals surface area (Å²) in [5.41, 5.74) is 1.80. The number of aryl methyl sites for hydroxylation is 1. The van der Waals surface area contributed by atoms with Crippen molar-refractivity contribution < 1.29 is 23.0 Å². The summed E-state index contributed by atoms with van der Waals surface area (Å²) in [7, 11) is -1.84. The Morgan fingerprint density at radius 1 is 1.11 bits per heavy atom. The van der Waals surface area contributed by atoms with Crippen molar-refractivity contribution >= 4 is 51.5 Å². The molecular weight excluding hydrogens is 493 g/mol. The molecule has 0 bridgehead atoms. The molecule has 0 heterocycles. The van der Waals surface area contributed by atoms with Crippen molar-refractivity contribution in [1.29, 1.82) is 0 Å². The van der Waals surface area contributed by atoms with E-state index in [0.29, 0.717) is 5.69 Å². The number of carbonyl (C=O) groups is 3. The fourth-order valence-electron chi connectivity index (χ4n) is 3.97. The van der Waals surface area contributed by atoms with Crippen molar-refractivity contribution in [1.82, 2.24) is 5.32 Å². The van der Waals surface area contributed by atoms with Gasteiger partial charge in [0.2, 0.25) is 17.7 Å². The van der Waals surface area contributed by atoms with Gasteiger partial charge in [-0.05, 0) is 57.0 Å². The van der Waals surface area contributed by atoms with Crippen LogP contribution in [-0.2, 0) is 25.2 Å². The highest BCUT2D eigenvalue weighted by molar-refractivity contribution is 7.86. The Balaban J connectivity index is 1.70. The molecule has 1 aliphatic carbocycles. The third kappa shape index (κ3) is 7.60. The Hall–Kier alpha value is -2.78. The number of hydrogen-bond donors (Lipinski definition) is 2. The van der Waals surface area contributed by atoms with Crippen LogP contribution in [0, 0.1) is 12.7 Å². The molecule has 35 heavy (non-hydrogen) atoms. The van der Waals surface area contributed by atoms with Gasteiger partial charge in [0.05, 0.1) is 5.02 Å². The largest absolute Gasteiger partial charge is 0.352 e. The van der Waals surface area contributed by atoms with Gasteiger partial charge in [-0.25, -0.2) is 4.39 Å². The quantitative estimate of drug-likeness (QED) is 0.522. The second-order valence-corrected chi connectivity index (χ2v) is 10.5. The summed E-state index contributed by atoms with van der Waals surface area (Å²) in [5, 5.41) is 5.39. The molecule has 2 atom stereocenters. The van der Waals surface area contributed by atoms with Gasteiger partial charge >= 0.3 is 0 Å². The van der Waals surface area contributed by atoms with Crippen molar-refractivity contribution in [2.45, 2.75) is 51.6 Å². The molecule has 2 aromatic carbocycles. The smallest absolute Gasteiger partial charge is 0.243 e. The maximum Gasteiger partial charge on any atom is 0.243 e. The van der Waals surface area contributed by atoms with Gasteiger partial charge in [0.25, 0.3) is 0 Å². The number of benzene rings is 2. The monoisotopic (exact) mass is 521 g/mol. The third-order valence-corrected chi connectivity index (χ3v) is 7.27. The molecule has 10 heteroatoms. The molecule has 0 aromatic heterocycles. The minimum Gasteiger partial charge on any atom is -0.352 e. The van der Waals surface area contributed by atoms with E-state index >= 15 is 0 Å². The number of halogens is 2. The van der Waals surface area contributed by atoms with Gasteiger partial charge < -0.3 is 10.6 Å². The molecule has 7 nitrogen and oxygen atoms in total. The SMILES string of the molecule is Cc1ccc(NC(=O)C[S@](=O)CC(=O)N(c2ccc(F)c(Cl)c2)[C@H](C)C(=O)NC2CCCC2)cc1. The molecule has 2 N–H and O–H groups in total. The number of carbonyl (C=O) groups excluding carboxylic acids is 3. The third-order valence-electron chi connectivity index (χ3n) is 5.83. The van der Waals surface area contributed by atoms with E-state index in [9.17, 15) is 23.0 Å². The second kappa shape index (κ2) is 12.3. The molecule has 0 aliphatic heterocycles. The van der Waals surface area contributed by atoms with Crippen LogP contribution in [0.4, 0.5) is 15.8 Å². The molecule has 0 radical (unpaired) electrons. The first kappa shape index (κ1) is 26.8. The standard InChI is InChI=1S/C25H29ClFN3O4S/c1-16-7-9-19(10-8-16)28-23(31)14-35(34)15-24(32)30(20-11-12-22(27)21(26)13-20)17(2)25(33)29-18-5-3-4-6-18/h7-13,17-18H,3-6,14-15H2,1-2H3,(H,28,31)(H,29,33)/t17-,35+/m1/s1. The van der Waals surface area contributed by atoms with E-state index in [1.165, 1.54) is 12.1 Å². The molecule has 3 amide bonds. The summed E-state index contributed by atoms with van der Waals surface area (Å²) in [4.78, 5) is 39.6. The van der Waals surface area contributed by atoms with Crippen LogP contribution in [0.25, 0.3) is 0 Å². The van der Waals surface area contributed by atoms with Gasteiger partial charge in [0, 0.05) is 28.2 Å². The van der Waals surface area contributed by atoms with E-state index in [0.717, 1.165) is 42.2 Å². The molecule has 2 aromatic rings. The Kier molecular flexibility index (Phi) is 9.40. The summed E-state index contributed by atoms with van der Waals surface area (Å²) in [6, 6.07) is 9.90. The number of anilines is 2. The summed E-state index contributed by atoms with van der Waals surface area (Å²) in [6.45, 7) is 3.47. The van der Waals surface area contributed by atoms with Crippen LogP contribution in [0.5, 0.6) is 0 Å². The average molecular weight is 522 g/mol. The second-order valence-electron chi connectivity index (χ2n) is 8.67. The predicted molar refractivity (Wildman–Crippen MR) is 136 cm³/mol. The molecule has 0 unspecified atom stereocenters. The van der Waals surface area contributed by atoms with E-state index in [-0.39, 0.29) is 28.4 Å². The summed E-state index contributed by atoms with van der Waals surface area (Å²) in [5.74, 6) is -3.04. The lowest BCUT2D eigenvalue weighted by Crippen LogP contribution is -2.51. The first-order chi connectivity index (χ1) is 16.6. The summed E-state index contributed by atoms with van der Waals surface area (Å²) < 4.78 is 26.4. The van der Waals surface area contributed by atoms with Gasteiger partial charge in [-0.15, -0.1) is 0 Å². The van der Waals surface area contributed by atoms with E-state index in [4.69, 9.17) is 11.6 Å². The van der Waals surface area contributed by atoms with Crippen molar-refractivity contribution in [2.75, 3.05) is 21.7 Å². The van der Waals surface area contributed by atoms with Gasteiger partial charge in [-0.2, -0.15) is 0 Å². The molecular formula is C25H29ClFN3O4S. The highest BCUT2D eigenvalue weighted by Gasteiger charge is 2.31. The van der Waals surface area contributed by atoms with Gasteiger partial charge in [-0.1, -0.05) is 42.1 Å². The maximum atomic E-state index is 13.7. The van der Waals surface area contributed by atoms with Crippen molar-refractivity contribution in [3.63, 3.8) is 0 Å². The lowest BCUT2D eigenvalue weighted by molar-refractivity contribution is -0.125. The first-order valence-electron chi connectivity index (χ1n) is 11.4. The number of nitrogens with one attached hydrogen (secondary N) is 2. The minimum atomic E-state index is -1.84. The van der Waals surface area contributed by atoms with Crippen LogP contribution in [0.15, 0.2) is 42.5 Å². The zero-order valence-corrected chi connectivity index (χ0v) is 21.3. The predicted octanol–water partition coefficient (Wildman–Crippen LogP) is 3.96. The summed E-state index contributed by atoms with van der Waals surface area (Å²) in [6.07, 6.45) is 3.79. The Bertz CT molecular complexity index is 1110. The molecule has 1 aliphatic rings. The fourth-order valence-corrected chi connectivity index (χ4v) is 5.02. The first-order valence-corrected chi connectivity index (χ1v) is 13.3. The normalized spacial score (nSPS) is 15.3. The molecule has 1 fully saturated rings. The molecule has 3 rings (SSSR count). The van der Waals surface area contributed by atoms with Crippen LogP contribution in [0.1, 0.15) is 38.2 Å². The van der Waals surface area contributed by atoms with Gasteiger partial charge in [-0.3, -0.25) is 23.5 Å². The van der Waals surface area contributed by atoms with E-state index in [1.807, 2.05) is 19.1 Å². The lowest BCUT2D eigenvalue weighted by Gasteiger charge is -2.29. The Morgan fingerprint density at radius 2 is 1.77 bits per heavy atom. The van der Waals surface area contributed by atoms with Gasteiger partial charge in [0.15, 0.2) is 0 Å². The van der Waals surface area contributed by atoms with Crippen LogP contribution in [0.3, 0.4) is 0 Å². The summed E-state index contributed by atoms with van der Waals surface area (Å²) >= 11 is 5.92. The molecule has 1 saturated carbocycles. The highest BCUT2D eigenvalue weighted by Crippen LogP contribution is 2.25. The average Bonchev–Trinajstić information content (AvgIpc) is 3.30. The molecule has 0 spiro atoms. The maximum absolute atomic E-state index is 13.7. The minimum absolute atomic E-state index is 0.0401. The molecule has 0 saturated heterocycles. The molecule has 188 valence electrons. The van der Waals surface area contributed by atoms with E-state index in [1.54, 1.807) is 19.1 Å². The lowest BCUT2D eigenvalue weighted by atomic mass is 10.1. The Labute approximate surface area is 211 Å². The van der Waals surface area contributed by atoms with Crippen molar-refractivity contribution in [2.24, 2.45) is 0 Å². The van der Waals surface area contributed by atoms with E-state index in [2.05, 4.69) is 10.6 Å². The number of nitrogens with zero attached hydrogens (tertiary/aromatic N) is 1. The highest BCUT2D eigenvalue weighted by atomic mass is 35.5. The van der Waals surface area contributed by atoms with E-state index < -0.39 is 40.2 Å². The fraction of sp³-hybridized carbons (Fsp3) is 0.400. The van der Waals surface area contributed by atoms with Crippen molar-refractivity contribution in [3.8, 4) is 0 Å². The van der Waals surface area contributed by atoms with Crippen molar-refractivity contribution in [3.05, 3.63) is 58.9 Å². The number of hydrogen-bond acceptors (Lipinski definition) is 4. The van der Waals surface area contributed by atoms with Crippen LogP contribution in [0.2, 0.25) is 5.02 Å². The Morgan fingerprint density at radius 3 is 2.40 bits per heavy atom. The van der Waals surface area contributed by atoms with Crippen LogP contribution < -0.4 is 15.5 Å². The zero-order chi connectivity index (χ0) is 25.5. The number of rotatable bonds is 9. The topological polar surface area (TPSA) is 95.6 Å². The zero-order valence-electron chi connectivity index (χ0n) is 19.7. The number of amides is 3. The van der Waals surface area contributed by atoms with Gasteiger partial charge in [0.1, 0.15) is 23.4 Å². The van der Waals surface area contributed by atoms with Crippen LogP contribution >= 0.6 is 11.6 Å².